The van der Waals surface area contributed by atoms with E-state index in [1.165, 1.54) is 21.3 Å². The van der Waals surface area contributed by atoms with E-state index in [0.717, 1.165) is 6.42 Å². The zero-order valence-electron chi connectivity index (χ0n) is 15.0. The predicted octanol–water partition coefficient (Wildman–Crippen LogP) is 2.65. The molecule has 4 rings (SSSR count). The van der Waals surface area contributed by atoms with E-state index in [1.807, 2.05) is 0 Å². The fourth-order valence-electron chi connectivity index (χ4n) is 2.96. The lowest BCUT2D eigenvalue weighted by molar-refractivity contribution is -0.0974. The van der Waals surface area contributed by atoms with Gasteiger partial charge in [0.1, 0.15) is 6.23 Å². The maximum atomic E-state index is 14.1. The lowest BCUT2D eigenvalue weighted by Crippen LogP contribution is -2.24. The van der Waals surface area contributed by atoms with Crippen LogP contribution in [0.4, 0.5) is 15.9 Å². The first kappa shape index (κ1) is 17.3. The summed E-state index contributed by atoms with van der Waals surface area (Å²) >= 11 is 0. The number of hydrogen-bond donors (Lipinski definition) is 1. The van der Waals surface area contributed by atoms with Gasteiger partial charge in [0, 0.05) is 6.42 Å². The van der Waals surface area contributed by atoms with Crippen LogP contribution in [0.15, 0.2) is 18.5 Å². The molecule has 1 aliphatic rings. The zero-order valence-corrected chi connectivity index (χ0v) is 15.0. The molecule has 0 aliphatic carbocycles. The average Bonchev–Trinajstić information content (AvgIpc) is 3.03. The number of aromatic nitrogens is 4. The molecule has 0 amide bonds. The summed E-state index contributed by atoms with van der Waals surface area (Å²) in [5.41, 5.74) is 1.29. The number of imidazole rings is 1. The number of nitrogens with zero attached hydrogens (tertiary/aromatic N) is 4. The van der Waals surface area contributed by atoms with Crippen molar-refractivity contribution >= 4 is 22.7 Å². The third kappa shape index (κ3) is 2.87. The SMILES string of the molecule is COc1ccc(Nc2nc(F)nc3c2ncn3C2CCO2)c(OC)c1OC. The van der Waals surface area contributed by atoms with Gasteiger partial charge < -0.3 is 24.3 Å². The summed E-state index contributed by atoms with van der Waals surface area (Å²) in [5, 5.41) is 3.05. The van der Waals surface area contributed by atoms with Crippen molar-refractivity contribution in [2.45, 2.75) is 12.6 Å². The van der Waals surface area contributed by atoms with Crippen LogP contribution in [0.1, 0.15) is 12.6 Å². The fraction of sp³-hybridized carbons (Fsp3) is 0.353. The molecule has 27 heavy (non-hydrogen) atoms. The highest BCUT2D eigenvalue weighted by molar-refractivity contribution is 5.86. The van der Waals surface area contributed by atoms with Gasteiger partial charge in [-0.05, 0) is 12.1 Å². The van der Waals surface area contributed by atoms with Crippen LogP contribution in [0, 0.1) is 6.08 Å². The number of fused-ring (bicyclic) bond motifs is 1. The highest BCUT2D eigenvalue weighted by Crippen LogP contribution is 2.43. The van der Waals surface area contributed by atoms with Gasteiger partial charge in [-0.2, -0.15) is 14.4 Å². The van der Waals surface area contributed by atoms with Gasteiger partial charge >= 0.3 is 6.08 Å². The van der Waals surface area contributed by atoms with Gasteiger partial charge in [-0.1, -0.05) is 0 Å². The summed E-state index contributed by atoms with van der Waals surface area (Å²) in [6.07, 6.45) is 1.33. The molecule has 0 bridgehead atoms. The van der Waals surface area contributed by atoms with Crippen molar-refractivity contribution in [2.24, 2.45) is 0 Å². The Hall–Kier alpha value is -3.14. The third-order valence-electron chi connectivity index (χ3n) is 4.34. The van der Waals surface area contributed by atoms with E-state index in [9.17, 15) is 4.39 Å². The maximum absolute atomic E-state index is 14.1. The molecule has 0 radical (unpaired) electrons. The number of hydrogen-bond acceptors (Lipinski definition) is 8. The van der Waals surface area contributed by atoms with Crippen molar-refractivity contribution < 1.29 is 23.3 Å². The Balaban J connectivity index is 1.79. The van der Waals surface area contributed by atoms with Gasteiger partial charge in [0.25, 0.3) is 0 Å². The predicted molar refractivity (Wildman–Crippen MR) is 94.3 cm³/mol. The van der Waals surface area contributed by atoms with Crippen LogP contribution in [-0.2, 0) is 4.74 Å². The summed E-state index contributed by atoms with van der Waals surface area (Å²) in [5.74, 6) is 1.52. The van der Waals surface area contributed by atoms with E-state index >= 15 is 0 Å². The molecular formula is C17H18FN5O4. The van der Waals surface area contributed by atoms with Crippen LogP contribution in [-0.4, -0.2) is 47.5 Å². The Morgan fingerprint density at radius 3 is 2.56 bits per heavy atom. The summed E-state index contributed by atoms with van der Waals surface area (Å²) < 4.78 is 37.3. The van der Waals surface area contributed by atoms with E-state index in [1.54, 1.807) is 23.0 Å². The monoisotopic (exact) mass is 375 g/mol. The lowest BCUT2D eigenvalue weighted by Gasteiger charge is -2.27. The standard InChI is InChI=1S/C17H18FN5O4/c1-24-10-5-4-9(13(25-2)14(10)26-3)20-15-12-16(22-17(18)21-15)23(8-19-12)11-6-7-27-11/h4-5,8,11H,6-7H2,1-3H3,(H,20,21,22). The Kier molecular flexibility index (Phi) is 4.40. The Labute approximate surface area is 154 Å². The Morgan fingerprint density at radius 2 is 1.93 bits per heavy atom. The van der Waals surface area contributed by atoms with Gasteiger partial charge in [-0.15, -0.1) is 0 Å². The molecular weight excluding hydrogens is 357 g/mol. The van der Waals surface area contributed by atoms with Gasteiger partial charge in [-0.25, -0.2) is 4.98 Å². The van der Waals surface area contributed by atoms with Gasteiger partial charge in [0.15, 0.2) is 28.5 Å². The second-order valence-corrected chi connectivity index (χ2v) is 5.79. The smallest absolute Gasteiger partial charge is 0.312 e. The Morgan fingerprint density at radius 1 is 1.15 bits per heavy atom. The highest BCUT2D eigenvalue weighted by atomic mass is 19.1. The number of rotatable bonds is 6. The minimum absolute atomic E-state index is 0.187. The van der Waals surface area contributed by atoms with Crippen LogP contribution < -0.4 is 19.5 Å². The molecule has 10 heteroatoms. The van der Waals surface area contributed by atoms with Crippen LogP contribution in [0.25, 0.3) is 11.2 Å². The molecule has 3 heterocycles. The van der Waals surface area contributed by atoms with Crippen molar-refractivity contribution in [2.75, 3.05) is 33.3 Å². The molecule has 1 fully saturated rings. The molecule has 1 atom stereocenters. The minimum Gasteiger partial charge on any atom is -0.493 e. The van der Waals surface area contributed by atoms with E-state index < -0.39 is 6.08 Å². The molecule has 1 aliphatic heterocycles. The normalized spacial score (nSPS) is 16.1. The van der Waals surface area contributed by atoms with Gasteiger partial charge in [-0.3, -0.25) is 4.57 Å². The molecule has 1 saturated heterocycles. The van der Waals surface area contributed by atoms with E-state index in [2.05, 4.69) is 20.3 Å². The van der Waals surface area contributed by atoms with Crippen molar-refractivity contribution in [3.8, 4) is 17.2 Å². The van der Waals surface area contributed by atoms with Crippen LogP contribution in [0.2, 0.25) is 0 Å². The van der Waals surface area contributed by atoms with Crippen molar-refractivity contribution in [3.05, 3.63) is 24.5 Å². The summed E-state index contributed by atoms with van der Waals surface area (Å²) in [7, 11) is 4.54. The molecule has 1 aromatic carbocycles. The van der Waals surface area contributed by atoms with Gasteiger partial charge in [0.05, 0.1) is 40.0 Å². The second kappa shape index (κ2) is 6.88. The highest BCUT2D eigenvalue weighted by Gasteiger charge is 2.25. The number of nitrogens with one attached hydrogen (secondary N) is 1. The van der Waals surface area contributed by atoms with Gasteiger partial charge in [0.2, 0.25) is 5.75 Å². The fourth-order valence-corrected chi connectivity index (χ4v) is 2.96. The second-order valence-electron chi connectivity index (χ2n) is 5.79. The Bertz CT molecular complexity index is 989. The first-order chi connectivity index (χ1) is 13.2. The number of anilines is 2. The molecule has 142 valence electrons. The average molecular weight is 375 g/mol. The minimum atomic E-state index is -0.870. The first-order valence-electron chi connectivity index (χ1n) is 8.24. The number of ether oxygens (including phenoxy) is 4. The number of benzene rings is 1. The third-order valence-corrected chi connectivity index (χ3v) is 4.34. The summed E-state index contributed by atoms with van der Waals surface area (Å²) in [4.78, 5) is 12.0. The maximum Gasteiger partial charge on any atom is 0.312 e. The summed E-state index contributed by atoms with van der Waals surface area (Å²) in [6.45, 7) is 0.659. The van der Waals surface area contributed by atoms with Crippen LogP contribution in [0.5, 0.6) is 17.2 Å². The van der Waals surface area contributed by atoms with Crippen molar-refractivity contribution in [1.82, 2.24) is 19.5 Å². The van der Waals surface area contributed by atoms with E-state index in [4.69, 9.17) is 18.9 Å². The number of methoxy groups -OCH3 is 3. The molecule has 3 aromatic rings. The summed E-state index contributed by atoms with van der Waals surface area (Å²) in [6, 6.07) is 3.43. The van der Waals surface area contributed by atoms with Crippen LogP contribution in [0.3, 0.4) is 0 Å². The lowest BCUT2D eigenvalue weighted by atomic mass is 10.2. The zero-order chi connectivity index (χ0) is 19.0. The topological polar surface area (TPSA) is 92.6 Å². The first-order valence-corrected chi connectivity index (χ1v) is 8.24. The molecule has 9 nitrogen and oxygen atoms in total. The molecule has 1 unspecified atom stereocenters. The quantitative estimate of drug-likeness (QED) is 0.658. The number of halogens is 1. The van der Waals surface area contributed by atoms with Crippen molar-refractivity contribution in [1.29, 1.82) is 0 Å². The van der Waals surface area contributed by atoms with E-state index in [0.29, 0.717) is 40.7 Å². The molecule has 2 aromatic heterocycles. The van der Waals surface area contributed by atoms with E-state index in [-0.39, 0.29) is 12.0 Å². The molecule has 1 N–H and O–H groups in total. The molecule has 0 saturated carbocycles. The molecule has 0 spiro atoms. The van der Waals surface area contributed by atoms with Crippen LogP contribution >= 0.6 is 0 Å². The van der Waals surface area contributed by atoms with Crippen molar-refractivity contribution in [3.63, 3.8) is 0 Å². The largest absolute Gasteiger partial charge is 0.493 e.